The lowest BCUT2D eigenvalue weighted by Crippen LogP contribution is -2.39. The summed E-state index contributed by atoms with van der Waals surface area (Å²) in [5.41, 5.74) is 5.89. The second-order valence-corrected chi connectivity index (χ2v) is 3.85. The number of hydrogen-bond donors (Lipinski definition) is 1. The molecule has 0 saturated heterocycles. The van der Waals surface area contributed by atoms with Gasteiger partial charge in [0, 0.05) is 6.92 Å². The molecule has 1 fully saturated rings. The Bertz CT molecular complexity index is 289. The van der Waals surface area contributed by atoms with Crippen molar-refractivity contribution in [2.45, 2.75) is 44.6 Å². The molecule has 0 aromatic carbocycles. The zero-order chi connectivity index (χ0) is 9.31. The number of rotatable bonds is 1. The van der Waals surface area contributed by atoms with E-state index in [9.17, 15) is 0 Å². The predicted octanol–water partition coefficient (Wildman–Crippen LogP) is 1.50. The van der Waals surface area contributed by atoms with E-state index in [2.05, 4.69) is 10.1 Å². The van der Waals surface area contributed by atoms with E-state index in [-0.39, 0.29) is 5.54 Å². The lowest BCUT2D eigenvalue weighted by atomic mass is 9.82. The fourth-order valence-electron chi connectivity index (χ4n) is 1.91. The smallest absolute Gasteiger partial charge is 0.223 e. The summed E-state index contributed by atoms with van der Waals surface area (Å²) in [4.78, 5) is 4.20. The van der Waals surface area contributed by atoms with Crippen LogP contribution in [0.4, 0.5) is 0 Å². The van der Waals surface area contributed by atoms with Crippen LogP contribution in [0.2, 0.25) is 0 Å². The van der Waals surface area contributed by atoms with Gasteiger partial charge in [-0.1, -0.05) is 24.4 Å². The van der Waals surface area contributed by atoms with Crippen LogP contribution in [-0.2, 0) is 5.54 Å². The average molecular weight is 181 g/mol. The minimum absolute atomic E-state index is 0.323. The van der Waals surface area contributed by atoms with E-state index in [4.69, 9.17) is 10.3 Å². The maximum Gasteiger partial charge on any atom is 0.223 e. The Hall–Kier alpha value is -0.900. The molecule has 72 valence electrons. The van der Waals surface area contributed by atoms with Crippen molar-refractivity contribution in [3.8, 4) is 0 Å². The minimum atomic E-state index is -0.323. The van der Waals surface area contributed by atoms with Crippen LogP contribution in [0.1, 0.15) is 43.8 Å². The summed E-state index contributed by atoms with van der Waals surface area (Å²) in [5.74, 6) is 1.29. The van der Waals surface area contributed by atoms with E-state index in [1.165, 1.54) is 19.3 Å². The van der Waals surface area contributed by atoms with E-state index < -0.39 is 0 Å². The Kier molecular flexibility index (Phi) is 2.07. The highest BCUT2D eigenvalue weighted by Crippen LogP contribution is 2.32. The molecule has 1 aliphatic carbocycles. The fourth-order valence-corrected chi connectivity index (χ4v) is 1.91. The molecule has 0 atom stereocenters. The first kappa shape index (κ1) is 8.69. The Morgan fingerprint density at radius 3 is 2.54 bits per heavy atom. The van der Waals surface area contributed by atoms with Gasteiger partial charge in [0.25, 0.3) is 0 Å². The summed E-state index contributed by atoms with van der Waals surface area (Å²) in [6.07, 6.45) is 5.57. The monoisotopic (exact) mass is 181 g/mol. The summed E-state index contributed by atoms with van der Waals surface area (Å²) in [6, 6.07) is 0. The molecule has 0 unspecified atom stereocenters. The highest BCUT2D eigenvalue weighted by molar-refractivity contribution is 5.04. The summed E-state index contributed by atoms with van der Waals surface area (Å²) in [6.45, 7) is 1.79. The standard InChI is InChI=1S/C9H15N3O/c1-7-11-8(12-13-7)9(10)5-3-2-4-6-9/h2-6,10H2,1H3. The molecule has 0 radical (unpaired) electrons. The summed E-state index contributed by atoms with van der Waals surface area (Å²) < 4.78 is 4.94. The second-order valence-electron chi connectivity index (χ2n) is 3.85. The van der Waals surface area contributed by atoms with E-state index in [0.29, 0.717) is 11.7 Å². The second kappa shape index (κ2) is 3.10. The zero-order valence-corrected chi connectivity index (χ0v) is 7.92. The molecule has 0 spiro atoms. The molecule has 1 aliphatic rings. The lowest BCUT2D eigenvalue weighted by molar-refractivity contribution is 0.274. The molecule has 0 bridgehead atoms. The number of hydrogen-bond acceptors (Lipinski definition) is 4. The van der Waals surface area contributed by atoms with Gasteiger partial charge >= 0.3 is 0 Å². The quantitative estimate of drug-likeness (QED) is 0.713. The molecule has 4 nitrogen and oxygen atoms in total. The highest BCUT2D eigenvalue weighted by atomic mass is 16.5. The Morgan fingerprint density at radius 2 is 2.00 bits per heavy atom. The molecule has 2 rings (SSSR count). The van der Waals surface area contributed by atoms with Crippen LogP contribution in [-0.4, -0.2) is 10.1 Å². The van der Waals surface area contributed by atoms with Crippen LogP contribution in [0, 0.1) is 6.92 Å². The van der Waals surface area contributed by atoms with Crippen molar-refractivity contribution in [1.29, 1.82) is 0 Å². The van der Waals surface area contributed by atoms with Gasteiger partial charge in [-0.15, -0.1) is 0 Å². The molecule has 0 amide bonds. The molecule has 4 heteroatoms. The van der Waals surface area contributed by atoms with Crippen molar-refractivity contribution in [3.63, 3.8) is 0 Å². The van der Waals surface area contributed by atoms with Crippen molar-refractivity contribution in [3.05, 3.63) is 11.7 Å². The molecular formula is C9H15N3O. The molecule has 1 aromatic heterocycles. The third-order valence-electron chi connectivity index (χ3n) is 2.72. The Labute approximate surface area is 77.5 Å². The van der Waals surface area contributed by atoms with E-state index >= 15 is 0 Å². The number of aryl methyl sites for hydroxylation is 1. The van der Waals surface area contributed by atoms with Crippen molar-refractivity contribution in [2.24, 2.45) is 5.73 Å². The predicted molar refractivity (Wildman–Crippen MR) is 48.0 cm³/mol. The largest absolute Gasteiger partial charge is 0.340 e. The van der Waals surface area contributed by atoms with E-state index in [1.807, 2.05) is 0 Å². The lowest BCUT2D eigenvalue weighted by Gasteiger charge is -2.29. The fraction of sp³-hybridized carbons (Fsp3) is 0.778. The van der Waals surface area contributed by atoms with Crippen LogP contribution in [0.15, 0.2) is 4.52 Å². The normalized spacial score (nSPS) is 21.7. The molecule has 1 saturated carbocycles. The van der Waals surface area contributed by atoms with Gasteiger partial charge in [-0.3, -0.25) is 0 Å². The number of aromatic nitrogens is 2. The van der Waals surface area contributed by atoms with Crippen LogP contribution in [0.25, 0.3) is 0 Å². The van der Waals surface area contributed by atoms with Gasteiger partial charge in [0.05, 0.1) is 5.54 Å². The first-order valence-corrected chi connectivity index (χ1v) is 4.80. The third-order valence-corrected chi connectivity index (χ3v) is 2.72. The molecule has 1 aromatic rings. The molecule has 2 N–H and O–H groups in total. The van der Waals surface area contributed by atoms with Crippen LogP contribution in [0.5, 0.6) is 0 Å². The average Bonchev–Trinajstić information content (AvgIpc) is 2.54. The topological polar surface area (TPSA) is 64.9 Å². The number of nitrogens with two attached hydrogens (primary N) is 1. The molecule has 0 aliphatic heterocycles. The van der Waals surface area contributed by atoms with Crippen LogP contribution in [0.3, 0.4) is 0 Å². The Morgan fingerprint density at radius 1 is 1.31 bits per heavy atom. The highest BCUT2D eigenvalue weighted by Gasteiger charge is 2.33. The number of nitrogens with zero attached hydrogens (tertiary/aromatic N) is 2. The maximum absolute atomic E-state index is 6.21. The molecular weight excluding hydrogens is 166 g/mol. The molecule has 13 heavy (non-hydrogen) atoms. The van der Waals surface area contributed by atoms with Gasteiger partial charge in [-0.25, -0.2) is 0 Å². The van der Waals surface area contributed by atoms with Crippen molar-refractivity contribution in [1.82, 2.24) is 10.1 Å². The van der Waals surface area contributed by atoms with Gasteiger partial charge in [0.2, 0.25) is 5.89 Å². The summed E-state index contributed by atoms with van der Waals surface area (Å²) >= 11 is 0. The van der Waals surface area contributed by atoms with Gasteiger partial charge in [0.1, 0.15) is 0 Å². The van der Waals surface area contributed by atoms with Crippen LogP contribution < -0.4 is 5.73 Å². The summed E-state index contributed by atoms with van der Waals surface area (Å²) in [7, 11) is 0. The minimum Gasteiger partial charge on any atom is -0.340 e. The van der Waals surface area contributed by atoms with Gasteiger partial charge in [-0.2, -0.15) is 4.98 Å². The van der Waals surface area contributed by atoms with Crippen molar-refractivity contribution >= 4 is 0 Å². The maximum atomic E-state index is 6.21. The van der Waals surface area contributed by atoms with Gasteiger partial charge in [0.15, 0.2) is 5.82 Å². The van der Waals surface area contributed by atoms with Crippen molar-refractivity contribution in [2.75, 3.05) is 0 Å². The Balaban J connectivity index is 2.22. The van der Waals surface area contributed by atoms with Crippen molar-refractivity contribution < 1.29 is 4.52 Å². The van der Waals surface area contributed by atoms with Gasteiger partial charge < -0.3 is 10.3 Å². The van der Waals surface area contributed by atoms with E-state index in [1.54, 1.807) is 6.92 Å². The van der Waals surface area contributed by atoms with E-state index in [0.717, 1.165) is 12.8 Å². The molecule has 1 heterocycles. The zero-order valence-electron chi connectivity index (χ0n) is 7.92. The first-order chi connectivity index (χ1) is 6.21. The van der Waals surface area contributed by atoms with Gasteiger partial charge in [-0.05, 0) is 12.8 Å². The SMILES string of the molecule is Cc1nc(C2(N)CCCCC2)no1. The summed E-state index contributed by atoms with van der Waals surface area (Å²) in [5, 5.41) is 3.90. The first-order valence-electron chi connectivity index (χ1n) is 4.80. The third kappa shape index (κ3) is 1.58. The van der Waals surface area contributed by atoms with Crippen LogP contribution >= 0.6 is 0 Å².